The van der Waals surface area contributed by atoms with E-state index in [4.69, 9.17) is 10.8 Å². The van der Waals surface area contributed by atoms with Crippen LogP contribution in [0.5, 0.6) is 0 Å². The van der Waals surface area contributed by atoms with Crippen LogP contribution in [0.3, 0.4) is 0 Å². The van der Waals surface area contributed by atoms with Crippen molar-refractivity contribution in [2.75, 3.05) is 6.61 Å². The van der Waals surface area contributed by atoms with Gasteiger partial charge in [-0.05, 0) is 17.7 Å². The van der Waals surface area contributed by atoms with Crippen LogP contribution in [-0.4, -0.2) is 29.0 Å². The van der Waals surface area contributed by atoms with Crippen LogP contribution in [0.15, 0.2) is 30.3 Å². The van der Waals surface area contributed by atoms with E-state index >= 15 is 0 Å². The van der Waals surface area contributed by atoms with Crippen molar-refractivity contribution in [2.24, 2.45) is 5.73 Å². The molecule has 0 fully saturated rings. The molecule has 82 valence electrons. The van der Waals surface area contributed by atoms with Gasteiger partial charge in [-0.3, -0.25) is 0 Å². The first-order valence-corrected chi connectivity index (χ1v) is 4.62. The molecule has 0 radical (unpaired) electrons. The maximum atomic E-state index is 12.5. The van der Waals surface area contributed by atoms with Gasteiger partial charge < -0.3 is 15.9 Å². The van der Waals surface area contributed by atoms with Gasteiger partial charge in [0.05, 0.1) is 18.8 Å². The van der Waals surface area contributed by atoms with Crippen LogP contribution in [0.2, 0.25) is 0 Å². The van der Waals surface area contributed by atoms with Crippen LogP contribution in [0.1, 0.15) is 5.56 Å². The third kappa shape index (κ3) is 3.79. The molecule has 0 aliphatic carbocycles. The minimum Gasteiger partial charge on any atom is -0.395 e. The van der Waals surface area contributed by atoms with Crippen LogP contribution in [0.4, 0.5) is 4.39 Å². The highest BCUT2D eigenvalue weighted by Crippen LogP contribution is 2.05. The van der Waals surface area contributed by atoms with E-state index in [2.05, 4.69) is 0 Å². The topological polar surface area (TPSA) is 66.5 Å². The first-order valence-electron chi connectivity index (χ1n) is 4.62. The summed E-state index contributed by atoms with van der Waals surface area (Å²) in [6, 6.07) is 5.14. The van der Waals surface area contributed by atoms with E-state index in [0.29, 0.717) is 0 Å². The van der Waals surface area contributed by atoms with Gasteiger partial charge in [0.25, 0.3) is 0 Å². The molecule has 3 nitrogen and oxygen atoms in total. The van der Waals surface area contributed by atoms with E-state index in [-0.39, 0.29) is 12.4 Å². The van der Waals surface area contributed by atoms with E-state index in [9.17, 15) is 9.50 Å². The number of benzene rings is 1. The van der Waals surface area contributed by atoms with Crippen molar-refractivity contribution < 1.29 is 14.6 Å². The predicted molar refractivity (Wildman–Crippen MR) is 56.5 cm³/mol. The van der Waals surface area contributed by atoms with Crippen LogP contribution in [-0.2, 0) is 0 Å². The molecule has 0 spiro atoms. The van der Waals surface area contributed by atoms with Gasteiger partial charge in [0, 0.05) is 0 Å². The minimum absolute atomic E-state index is 0.283. The Balaban J connectivity index is 2.61. The Kier molecular flexibility index (Phi) is 4.42. The monoisotopic (exact) mass is 211 g/mol. The SMILES string of the molecule is N[C@@H](CO)[C@H](O)/C=C/c1ccc(F)cc1. The molecule has 1 aromatic carbocycles. The molecular weight excluding hydrogens is 197 g/mol. The molecule has 0 amide bonds. The zero-order valence-electron chi connectivity index (χ0n) is 8.18. The normalized spacial score (nSPS) is 15.5. The van der Waals surface area contributed by atoms with Gasteiger partial charge in [-0.1, -0.05) is 24.3 Å². The quantitative estimate of drug-likeness (QED) is 0.680. The summed E-state index contributed by atoms with van der Waals surface area (Å²) < 4.78 is 12.5. The Hall–Kier alpha value is -1.23. The van der Waals surface area contributed by atoms with Gasteiger partial charge >= 0.3 is 0 Å². The molecule has 0 saturated heterocycles. The average molecular weight is 211 g/mol. The number of hydrogen-bond acceptors (Lipinski definition) is 3. The third-order valence-corrected chi connectivity index (χ3v) is 2.01. The molecule has 0 aliphatic heterocycles. The second kappa shape index (κ2) is 5.60. The molecule has 1 rings (SSSR count). The molecule has 4 heteroatoms. The Labute approximate surface area is 87.7 Å². The van der Waals surface area contributed by atoms with Crippen molar-refractivity contribution in [2.45, 2.75) is 12.1 Å². The molecule has 1 aromatic rings. The van der Waals surface area contributed by atoms with E-state index in [1.54, 1.807) is 18.2 Å². The summed E-state index contributed by atoms with van der Waals surface area (Å²) in [6.07, 6.45) is 2.19. The van der Waals surface area contributed by atoms with Crippen LogP contribution >= 0.6 is 0 Å². The second-order valence-electron chi connectivity index (χ2n) is 3.25. The van der Waals surface area contributed by atoms with E-state index in [1.165, 1.54) is 18.2 Å². The molecule has 2 atom stereocenters. The lowest BCUT2D eigenvalue weighted by Crippen LogP contribution is -2.36. The lowest BCUT2D eigenvalue weighted by atomic mass is 10.1. The number of nitrogens with two attached hydrogens (primary N) is 1. The minimum atomic E-state index is -0.903. The molecular formula is C11H14FNO2. The highest BCUT2D eigenvalue weighted by atomic mass is 19.1. The fourth-order valence-corrected chi connectivity index (χ4v) is 1.03. The molecule has 0 heterocycles. The summed E-state index contributed by atoms with van der Waals surface area (Å²) in [7, 11) is 0. The molecule has 0 aromatic heterocycles. The smallest absolute Gasteiger partial charge is 0.123 e. The molecule has 0 aliphatic rings. The summed E-state index contributed by atoms with van der Waals surface area (Å²) >= 11 is 0. The van der Waals surface area contributed by atoms with Gasteiger partial charge in [-0.2, -0.15) is 0 Å². The number of aliphatic hydroxyl groups is 2. The van der Waals surface area contributed by atoms with E-state index in [0.717, 1.165) is 5.56 Å². The van der Waals surface area contributed by atoms with Crippen molar-refractivity contribution in [3.63, 3.8) is 0 Å². The maximum Gasteiger partial charge on any atom is 0.123 e. The van der Waals surface area contributed by atoms with E-state index < -0.39 is 12.1 Å². The maximum absolute atomic E-state index is 12.5. The Morgan fingerprint density at radius 2 is 1.93 bits per heavy atom. The number of rotatable bonds is 4. The number of halogens is 1. The van der Waals surface area contributed by atoms with Gasteiger partial charge in [-0.25, -0.2) is 4.39 Å². The fourth-order valence-electron chi connectivity index (χ4n) is 1.03. The van der Waals surface area contributed by atoms with Gasteiger partial charge in [-0.15, -0.1) is 0 Å². The fraction of sp³-hybridized carbons (Fsp3) is 0.273. The Bertz CT molecular complexity index is 324. The summed E-state index contributed by atoms with van der Waals surface area (Å²) in [5, 5.41) is 18.1. The lowest BCUT2D eigenvalue weighted by Gasteiger charge is -2.11. The molecule has 0 saturated carbocycles. The van der Waals surface area contributed by atoms with Gasteiger partial charge in [0.15, 0.2) is 0 Å². The average Bonchev–Trinajstić information content (AvgIpc) is 2.26. The highest BCUT2D eigenvalue weighted by Gasteiger charge is 2.08. The van der Waals surface area contributed by atoms with Crippen LogP contribution in [0, 0.1) is 5.82 Å². The molecule has 15 heavy (non-hydrogen) atoms. The predicted octanol–water partition coefficient (Wildman–Crippen LogP) is 0.519. The summed E-state index contributed by atoms with van der Waals surface area (Å²) in [6.45, 7) is -0.283. The lowest BCUT2D eigenvalue weighted by molar-refractivity contribution is 0.145. The van der Waals surface area contributed by atoms with E-state index in [1.807, 2.05) is 0 Å². The number of hydrogen-bond donors (Lipinski definition) is 3. The first kappa shape index (κ1) is 11.8. The zero-order valence-corrected chi connectivity index (χ0v) is 8.18. The third-order valence-electron chi connectivity index (χ3n) is 2.01. The van der Waals surface area contributed by atoms with Crippen molar-refractivity contribution in [1.82, 2.24) is 0 Å². The number of aliphatic hydroxyl groups excluding tert-OH is 2. The Morgan fingerprint density at radius 3 is 2.47 bits per heavy atom. The summed E-state index contributed by atoms with van der Waals surface area (Å²) in [4.78, 5) is 0. The van der Waals surface area contributed by atoms with Crippen molar-refractivity contribution >= 4 is 6.08 Å². The van der Waals surface area contributed by atoms with Crippen molar-refractivity contribution in [3.8, 4) is 0 Å². The molecule has 4 N–H and O–H groups in total. The van der Waals surface area contributed by atoms with Gasteiger partial charge in [0.1, 0.15) is 5.82 Å². The largest absolute Gasteiger partial charge is 0.395 e. The highest BCUT2D eigenvalue weighted by molar-refractivity contribution is 5.49. The van der Waals surface area contributed by atoms with Crippen molar-refractivity contribution in [1.29, 1.82) is 0 Å². The van der Waals surface area contributed by atoms with Crippen LogP contribution in [0.25, 0.3) is 6.08 Å². The summed E-state index contributed by atoms with van der Waals surface area (Å²) in [5.74, 6) is -0.306. The van der Waals surface area contributed by atoms with Crippen molar-refractivity contribution in [3.05, 3.63) is 41.7 Å². The second-order valence-corrected chi connectivity index (χ2v) is 3.25. The zero-order chi connectivity index (χ0) is 11.3. The van der Waals surface area contributed by atoms with Gasteiger partial charge in [0.2, 0.25) is 0 Å². The first-order chi connectivity index (χ1) is 7.13. The summed E-state index contributed by atoms with van der Waals surface area (Å²) in [5.41, 5.74) is 6.16. The molecule has 0 bridgehead atoms. The molecule has 0 unspecified atom stereocenters. The Morgan fingerprint density at radius 1 is 1.33 bits per heavy atom. The standard InChI is InChI=1S/C11H14FNO2/c12-9-4-1-8(2-5-9)3-6-11(15)10(13)7-14/h1-6,10-11,14-15H,7,13H2/b6-3+/t10-,11+/m0/s1. The van der Waals surface area contributed by atoms with Crippen LogP contribution < -0.4 is 5.73 Å².